The summed E-state index contributed by atoms with van der Waals surface area (Å²) < 4.78 is 24.9. The van der Waals surface area contributed by atoms with Crippen LogP contribution in [0, 0.1) is 5.82 Å². The normalized spacial score (nSPS) is 15.3. The molecule has 160 valence electrons. The highest BCUT2D eigenvalue weighted by atomic mass is 19.1. The standard InChI is InChI=1S/C25H25FN2O3/c26-20-12-10-19(11-13-20)23(28-14-16-30-17-15-28)18-27-25(29)22-8-4-5-9-24(22)31-21-6-2-1-3-7-21/h1-13,23H,14-18H2,(H,27,29)/p+1/t23-/m0/s1. The Hall–Kier alpha value is -3.22. The molecule has 2 N–H and O–H groups in total. The van der Waals surface area contributed by atoms with Crippen LogP contribution in [0.1, 0.15) is 22.0 Å². The third-order valence-electron chi connectivity index (χ3n) is 5.47. The van der Waals surface area contributed by atoms with Gasteiger partial charge in [-0.25, -0.2) is 4.39 Å². The van der Waals surface area contributed by atoms with E-state index in [4.69, 9.17) is 9.47 Å². The molecule has 3 aromatic rings. The number of quaternary nitrogens is 1. The molecule has 1 aliphatic rings. The van der Waals surface area contributed by atoms with E-state index < -0.39 is 0 Å². The van der Waals surface area contributed by atoms with E-state index >= 15 is 0 Å². The third-order valence-corrected chi connectivity index (χ3v) is 5.47. The van der Waals surface area contributed by atoms with Crippen molar-refractivity contribution in [2.24, 2.45) is 0 Å². The quantitative estimate of drug-likeness (QED) is 0.617. The Bertz CT molecular complexity index is 989. The number of benzene rings is 3. The van der Waals surface area contributed by atoms with Gasteiger partial charge in [-0.15, -0.1) is 0 Å². The van der Waals surface area contributed by atoms with Crippen molar-refractivity contribution in [3.8, 4) is 11.5 Å². The van der Waals surface area contributed by atoms with Crippen LogP contribution < -0.4 is 15.0 Å². The minimum atomic E-state index is -0.268. The van der Waals surface area contributed by atoms with Crippen LogP contribution in [0.3, 0.4) is 0 Å². The van der Waals surface area contributed by atoms with Gasteiger partial charge < -0.3 is 19.7 Å². The molecule has 1 heterocycles. The fourth-order valence-corrected chi connectivity index (χ4v) is 3.82. The molecule has 1 atom stereocenters. The predicted octanol–water partition coefficient (Wildman–Crippen LogP) is 3.00. The number of morpholine rings is 1. The minimum absolute atomic E-state index is 0.00986. The highest BCUT2D eigenvalue weighted by Crippen LogP contribution is 2.25. The second kappa shape index (κ2) is 10.2. The molecule has 0 spiro atoms. The Kier molecular flexibility index (Phi) is 6.92. The SMILES string of the molecule is O=C(NC[C@@H](c1ccc(F)cc1)[NH+]1CCOCC1)c1ccccc1Oc1ccccc1. The van der Waals surface area contributed by atoms with Gasteiger partial charge in [0, 0.05) is 5.56 Å². The predicted molar refractivity (Wildman–Crippen MR) is 116 cm³/mol. The molecular weight excluding hydrogens is 395 g/mol. The molecule has 0 aromatic heterocycles. The van der Waals surface area contributed by atoms with Crippen LogP contribution in [0.15, 0.2) is 78.9 Å². The lowest BCUT2D eigenvalue weighted by Gasteiger charge is -2.32. The molecule has 1 aliphatic heterocycles. The average Bonchev–Trinajstić information content (AvgIpc) is 2.82. The summed E-state index contributed by atoms with van der Waals surface area (Å²) >= 11 is 0. The van der Waals surface area contributed by atoms with E-state index in [2.05, 4.69) is 5.32 Å². The summed E-state index contributed by atoms with van der Waals surface area (Å²) in [5.74, 6) is 0.703. The van der Waals surface area contributed by atoms with Crippen LogP contribution in [-0.2, 0) is 4.74 Å². The van der Waals surface area contributed by atoms with Gasteiger partial charge in [0.05, 0.1) is 25.3 Å². The third kappa shape index (κ3) is 5.48. The molecule has 1 fully saturated rings. The number of hydrogen-bond donors (Lipinski definition) is 2. The van der Waals surface area contributed by atoms with Crippen LogP contribution in [0.4, 0.5) is 4.39 Å². The fraction of sp³-hybridized carbons (Fsp3) is 0.240. The number of ether oxygens (including phenoxy) is 2. The van der Waals surface area contributed by atoms with Gasteiger partial charge in [0.15, 0.2) is 0 Å². The van der Waals surface area contributed by atoms with Crippen LogP contribution in [-0.4, -0.2) is 38.8 Å². The van der Waals surface area contributed by atoms with Crippen molar-refractivity contribution in [3.05, 3.63) is 95.8 Å². The Morgan fingerprint density at radius 2 is 1.65 bits per heavy atom. The fourth-order valence-electron chi connectivity index (χ4n) is 3.82. The van der Waals surface area contributed by atoms with Gasteiger partial charge in [0.2, 0.25) is 0 Å². The number of rotatable bonds is 7. The molecule has 4 rings (SSSR count). The molecule has 0 unspecified atom stereocenters. The zero-order valence-corrected chi connectivity index (χ0v) is 17.2. The summed E-state index contributed by atoms with van der Waals surface area (Å²) in [6.07, 6.45) is 0. The molecule has 1 saturated heterocycles. The van der Waals surface area contributed by atoms with Crippen molar-refractivity contribution in [3.63, 3.8) is 0 Å². The molecule has 0 saturated carbocycles. The van der Waals surface area contributed by atoms with Crippen molar-refractivity contribution in [2.75, 3.05) is 32.8 Å². The maximum Gasteiger partial charge on any atom is 0.255 e. The summed E-state index contributed by atoms with van der Waals surface area (Å²) in [4.78, 5) is 14.4. The highest BCUT2D eigenvalue weighted by molar-refractivity contribution is 5.97. The molecular formula is C25H26FN2O3+. The van der Waals surface area contributed by atoms with Crippen LogP contribution in [0.2, 0.25) is 0 Å². The van der Waals surface area contributed by atoms with Gasteiger partial charge in [-0.2, -0.15) is 0 Å². The number of amides is 1. The van der Waals surface area contributed by atoms with Gasteiger partial charge in [-0.05, 0) is 36.4 Å². The Morgan fingerprint density at radius 3 is 2.39 bits per heavy atom. The average molecular weight is 421 g/mol. The number of nitrogens with one attached hydrogen (secondary N) is 2. The lowest BCUT2D eigenvalue weighted by molar-refractivity contribution is -0.937. The van der Waals surface area contributed by atoms with E-state index in [-0.39, 0.29) is 17.8 Å². The maximum absolute atomic E-state index is 13.4. The van der Waals surface area contributed by atoms with Crippen LogP contribution in [0.25, 0.3) is 0 Å². The zero-order valence-electron chi connectivity index (χ0n) is 17.2. The number of hydrogen-bond acceptors (Lipinski definition) is 3. The smallest absolute Gasteiger partial charge is 0.255 e. The Morgan fingerprint density at radius 1 is 0.968 bits per heavy atom. The van der Waals surface area contributed by atoms with Gasteiger partial charge in [0.25, 0.3) is 5.91 Å². The van der Waals surface area contributed by atoms with E-state index in [1.54, 1.807) is 24.3 Å². The topological polar surface area (TPSA) is 52.0 Å². The highest BCUT2D eigenvalue weighted by Gasteiger charge is 2.27. The molecule has 6 heteroatoms. The van der Waals surface area contributed by atoms with Crippen molar-refractivity contribution in [2.45, 2.75) is 6.04 Å². The first-order valence-electron chi connectivity index (χ1n) is 10.5. The second-order valence-corrected chi connectivity index (χ2v) is 7.50. The van der Waals surface area contributed by atoms with Crippen molar-refractivity contribution < 1.29 is 23.6 Å². The number of carbonyl (C=O) groups excluding carboxylic acids is 1. The lowest BCUT2D eigenvalue weighted by atomic mass is 10.0. The van der Waals surface area contributed by atoms with Gasteiger partial charge in [-0.3, -0.25) is 4.79 Å². The van der Waals surface area contributed by atoms with E-state index in [9.17, 15) is 9.18 Å². The molecule has 5 nitrogen and oxygen atoms in total. The van der Waals surface area contributed by atoms with E-state index in [1.807, 2.05) is 42.5 Å². The second-order valence-electron chi connectivity index (χ2n) is 7.50. The zero-order chi connectivity index (χ0) is 21.5. The molecule has 0 bridgehead atoms. The van der Waals surface area contributed by atoms with Crippen molar-refractivity contribution in [1.29, 1.82) is 0 Å². The largest absolute Gasteiger partial charge is 0.457 e. The van der Waals surface area contributed by atoms with Crippen molar-refractivity contribution >= 4 is 5.91 Å². The first-order valence-corrected chi connectivity index (χ1v) is 10.5. The molecule has 31 heavy (non-hydrogen) atoms. The summed E-state index contributed by atoms with van der Waals surface area (Å²) in [6.45, 7) is 3.46. The van der Waals surface area contributed by atoms with E-state index in [0.29, 0.717) is 36.8 Å². The van der Waals surface area contributed by atoms with Gasteiger partial charge >= 0.3 is 0 Å². The Labute approximate surface area is 181 Å². The summed E-state index contributed by atoms with van der Waals surface area (Å²) in [6, 6.07) is 23.1. The van der Waals surface area contributed by atoms with E-state index in [0.717, 1.165) is 18.7 Å². The first-order chi connectivity index (χ1) is 15.2. The number of halogens is 1. The van der Waals surface area contributed by atoms with Crippen LogP contribution in [0.5, 0.6) is 11.5 Å². The summed E-state index contributed by atoms with van der Waals surface area (Å²) in [5.41, 5.74) is 1.47. The summed E-state index contributed by atoms with van der Waals surface area (Å²) in [5, 5.41) is 3.06. The molecule has 1 amide bonds. The first kappa shape index (κ1) is 21.0. The molecule has 0 aliphatic carbocycles. The van der Waals surface area contributed by atoms with E-state index in [1.165, 1.54) is 17.0 Å². The lowest BCUT2D eigenvalue weighted by Crippen LogP contribution is -3.15. The molecule has 3 aromatic carbocycles. The van der Waals surface area contributed by atoms with Gasteiger partial charge in [0.1, 0.15) is 36.4 Å². The maximum atomic E-state index is 13.4. The molecule has 0 radical (unpaired) electrons. The monoisotopic (exact) mass is 421 g/mol. The number of carbonyl (C=O) groups is 1. The Balaban J connectivity index is 1.49. The minimum Gasteiger partial charge on any atom is -0.457 e. The number of para-hydroxylation sites is 2. The van der Waals surface area contributed by atoms with Crippen molar-refractivity contribution in [1.82, 2.24) is 5.32 Å². The summed E-state index contributed by atoms with van der Waals surface area (Å²) in [7, 11) is 0. The van der Waals surface area contributed by atoms with Crippen LogP contribution >= 0.6 is 0 Å². The van der Waals surface area contributed by atoms with Gasteiger partial charge in [-0.1, -0.05) is 42.5 Å².